The van der Waals surface area contributed by atoms with Gasteiger partial charge in [0.15, 0.2) is 0 Å². The van der Waals surface area contributed by atoms with Crippen LogP contribution in [0.5, 0.6) is 0 Å². The number of hydrogen-bond donors (Lipinski definition) is 4. The number of carbonyl (C=O) groups is 3. The Morgan fingerprint density at radius 1 is 0.919 bits per heavy atom. The first-order valence-corrected chi connectivity index (χ1v) is 12.2. The minimum absolute atomic E-state index is 0.150. The van der Waals surface area contributed by atoms with Crippen molar-refractivity contribution in [3.63, 3.8) is 0 Å². The van der Waals surface area contributed by atoms with Gasteiger partial charge in [0.1, 0.15) is 0 Å². The molecular formula is C29H26ClN3O4. The molecule has 0 spiro atoms. The largest absolute Gasteiger partial charge is 0.349 e. The van der Waals surface area contributed by atoms with Crippen molar-refractivity contribution in [1.82, 2.24) is 16.1 Å². The molecule has 7 nitrogen and oxygen atoms in total. The Kier molecular flexibility index (Phi) is 8.51. The molecule has 1 aliphatic rings. The highest BCUT2D eigenvalue weighted by Gasteiger charge is 2.25. The Morgan fingerprint density at radius 2 is 1.59 bits per heavy atom. The number of amides is 3. The lowest BCUT2D eigenvalue weighted by Gasteiger charge is -2.11. The zero-order valence-electron chi connectivity index (χ0n) is 19.9. The van der Waals surface area contributed by atoms with Gasteiger partial charge in [0.05, 0.1) is 0 Å². The second kappa shape index (κ2) is 12.2. The lowest BCUT2D eigenvalue weighted by Crippen LogP contribution is -2.26. The third kappa shape index (κ3) is 7.39. The zero-order chi connectivity index (χ0) is 26.2. The predicted octanol–water partition coefficient (Wildman–Crippen LogP) is 4.61. The number of hydroxylamine groups is 1. The molecule has 0 bridgehead atoms. The Hall–Kier alpha value is -4.20. The molecule has 188 valence electrons. The van der Waals surface area contributed by atoms with Gasteiger partial charge < -0.3 is 10.6 Å². The highest BCUT2D eigenvalue weighted by Crippen LogP contribution is 2.28. The molecule has 8 heteroatoms. The topological polar surface area (TPSA) is 108 Å². The van der Waals surface area contributed by atoms with Crippen LogP contribution in [0.3, 0.4) is 0 Å². The van der Waals surface area contributed by atoms with Gasteiger partial charge in [-0.3, -0.25) is 19.6 Å². The molecule has 1 fully saturated rings. The van der Waals surface area contributed by atoms with Crippen LogP contribution in [0, 0.1) is 0 Å². The second-order valence-electron chi connectivity index (χ2n) is 8.64. The molecule has 4 rings (SSSR count). The summed E-state index contributed by atoms with van der Waals surface area (Å²) in [6.45, 7) is 0.293. The first kappa shape index (κ1) is 25.9. The van der Waals surface area contributed by atoms with E-state index in [-0.39, 0.29) is 17.9 Å². The average molecular weight is 516 g/mol. The first-order chi connectivity index (χ1) is 17.9. The summed E-state index contributed by atoms with van der Waals surface area (Å²) in [4.78, 5) is 36.5. The van der Waals surface area contributed by atoms with Crippen LogP contribution in [0.2, 0.25) is 5.02 Å². The fourth-order valence-corrected chi connectivity index (χ4v) is 3.80. The van der Waals surface area contributed by atoms with Gasteiger partial charge in [0.25, 0.3) is 11.8 Å². The summed E-state index contributed by atoms with van der Waals surface area (Å²) < 4.78 is 0. The van der Waals surface area contributed by atoms with Gasteiger partial charge in [-0.2, -0.15) is 0 Å². The van der Waals surface area contributed by atoms with Gasteiger partial charge in [-0.15, -0.1) is 0 Å². The van der Waals surface area contributed by atoms with Crippen molar-refractivity contribution in [1.29, 1.82) is 0 Å². The Labute approximate surface area is 219 Å². The van der Waals surface area contributed by atoms with Gasteiger partial charge in [0, 0.05) is 40.4 Å². The molecule has 4 N–H and O–H groups in total. The van der Waals surface area contributed by atoms with Crippen LogP contribution < -0.4 is 16.1 Å². The van der Waals surface area contributed by atoms with Crippen molar-refractivity contribution in [3.8, 4) is 0 Å². The van der Waals surface area contributed by atoms with Gasteiger partial charge in [-0.25, -0.2) is 5.48 Å². The van der Waals surface area contributed by atoms with Gasteiger partial charge in [-0.1, -0.05) is 66.2 Å². The van der Waals surface area contributed by atoms with Crippen LogP contribution in [-0.2, 0) is 16.1 Å². The van der Waals surface area contributed by atoms with Crippen molar-refractivity contribution in [2.75, 3.05) is 0 Å². The normalized spacial score (nSPS) is 13.3. The first-order valence-electron chi connectivity index (χ1n) is 11.8. The second-order valence-corrected chi connectivity index (χ2v) is 9.05. The van der Waals surface area contributed by atoms with E-state index in [1.165, 1.54) is 6.08 Å². The van der Waals surface area contributed by atoms with E-state index in [0.717, 1.165) is 29.5 Å². The fourth-order valence-electron chi connectivity index (χ4n) is 3.56. The van der Waals surface area contributed by atoms with Crippen molar-refractivity contribution in [2.24, 2.45) is 0 Å². The number of nitrogens with one attached hydrogen (secondary N) is 3. The maximum Gasteiger partial charge on any atom is 0.274 e. The third-order valence-electron chi connectivity index (χ3n) is 5.78. The van der Waals surface area contributed by atoms with Crippen LogP contribution >= 0.6 is 11.6 Å². The van der Waals surface area contributed by atoms with E-state index in [0.29, 0.717) is 28.3 Å². The minimum Gasteiger partial charge on any atom is -0.349 e. The highest BCUT2D eigenvalue weighted by molar-refractivity contribution is 6.36. The van der Waals surface area contributed by atoms with Crippen LogP contribution in [-0.4, -0.2) is 29.0 Å². The number of halogens is 1. The van der Waals surface area contributed by atoms with Gasteiger partial charge in [0.2, 0.25) is 5.91 Å². The predicted molar refractivity (Wildman–Crippen MR) is 144 cm³/mol. The van der Waals surface area contributed by atoms with Crippen molar-refractivity contribution >= 4 is 47.0 Å². The number of hydrogen-bond acceptors (Lipinski definition) is 4. The molecule has 3 aromatic carbocycles. The molecule has 3 amide bonds. The van der Waals surface area contributed by atoms with E-state index < -0.39 is 5.91 Å². The number of benzene rings is 3. The average Bonchev–Trinajstić information content (AvgIpc) is 3.74. The van der Waals surface area contributed by atoms with E-state index in [2.05, 4.69) is 10.6 Å². The summed E-state index contributed by atoms with van der Waals surface area (Å²) in [7, 11) is 0. The van der Waals surface area contributed by atoms with Gasteiger partial charge in [-0.05, 0) is 59.9 Å². The smallest absolute Gasteiger partial charge is 0.274 e. The van der Waals surface area contributed by atoms with Crippen molar-refractivity contribution < 1.29 is 19.6 Å². The Bertz CT molecular complexity index is 1340. The van der Waals surface area contributed by atoms with E-state index >= 15 is 0 Å². The Morgan fingerprint density at radius 3 is 2.24 bits per heavy atom. The van der Waals surface area contributed by atoms with E-state index in [1.54, 1.807) is 41.9 Å². The molecule has 37 heavy (non-hydrogen) atoms. The molecule has 0 radical (unpaired) electrons. The van der Waals surface area contributed by atoms with E-state index in [1.807, 2.05) is 48.5 Å². The van der Waals surface area contributed by atoms with Crippen LogP contribution in [0.1, 0.15) is 45.5 Å². The molecule has 0 aliphatic heterocycles. The molecule has 0 atom stereocenters. The minimum atomic E-state index is -0.596. The summed E-state index contributed by atoms with van der Waals surface area (Å²) in [6, 6.07) is 21.5. The van der Waals surface area contributed by atoms with Crippen LogP contribution in [0.25, 0.3) is 17.7 Å². The maximum absolute atomic E-state index is 12.9. The van der Waals surface area contributed by atoms with Gasteiger partial charge >= 0.3 is 0 Å². The molecule has 1 aliphatic carbocycles. The molecule has 1 saturated carbocycles. The summed E-state index contributed by atoms with van der Waals surface area (Å²) in [6.07, 6.45) is 6.94. The summed E-state index contributed by atoms with van der Waals surface area (Å²) in [5.74, 6) is -1.01. The highest BCUT2D eigenvalue weighted by atomic mass is 35.5. The third-order valence-corrected chi connectivity index (χ3v) is 6.11. The monoisotopic (exact) mass is 515 g/mol. The Balaban J connectivity index is 1.39. The van der Waals surface area contributed by atoms with Crippen molar-refractivity contribution in [3.05, 3.63) is 112 Å². The molecule has 0 unspecified atom stereocenters. The van der Waals surface area contributed by atoms with E-state index in [9.17, 15) is 14.4 Å². The molecule has 0 aromatic heterocycles. The maximum atomic E-state index is 12.9. The molecule has 3 aromatic rings. The molecule has 0 heterocycles. The quantitative estimate of drug-likeness (QED) is 0.144. The summed E-state index contributed by atoms with van der Waals surface area (Å²) >= 11 is 6.37. The van der Waals surface area contributed by atoms with Crippen molar-refractivity contribution in [2.45, 2.75) is 25.4 Å². The van der Waals surface area contributed by atoms with E-state index in [4.69, 9.17) is 16.8 Å². The zero-order valence-corrected chi connectivity index (χ0v) is 20.7. The number of carbonyl (C=O) groups excluding carboxylic acids is 3. The SMILES string of the molecule is O=C(/C=C/c1ccc(/C=C(/C(=O)NC2CC2)c2ccccc2Cl)cc1)NCc1ccc(C(=O)NO)cc1. The standard InChI is InChI=1S/C29H26ClN3O4/c30-26-4-2-1-3-24(26)25(29(36)32-23-14-15-23)17-20-7-5-19(6-8-20)11-16-27(34)31-18-21-9-12-22(13-10-21)28(35)33-37/h1-13,16-17,23,37H,14-15,18H2,(H,31,34)(H,32,36)(H,33,35)/b16-11+,25-17+. The lowest BCUT2D eigenvalue weighted by atomic mass is 10.0. The summed E-state index contributed by atoms with van der Waals surface area (Å²) in [5, 5.41) is 15.0. The fraction of sp³-hybridized carbons (Fsp3) is 0.138. The molecular weight excluding hydrogens is 490 g/mol. The van der Waals surface area contributed by atoms with Crippen LogP contribution in [0.4, 0.5) is 0 Å². The molecule has 0 saturated heterocycles. The number of rotatable bonds is 9. The summed E-state index contributed by atoms with van der Waals surface area (Å²) in [5.41, 5.74) is 5.55. The lowest BCUT2D eigenvalue weighted by molar-refractivity contribution is -0.117. The van der Waals surface area contributed by atoms with Crippen LogP contribution in [0.15, 0.2) is 78.9 Å².